The van der Waals surface area contributed by atoms with Crippen molar-refractivity contribution in [1.82, 2.24) is 0 Å². The summed E-state index contributed by atoms with van der Waals surface area (Å²) in [7, 11) is 0. The van der Waals surface area contributed by atoms with Crippen molar-refractivity contribution in [3.05, 3.63) is 53.6 Å². The molecule has 0 aromatic heterocycles. The van der Waals surface area contributed by atoms with Gasteiger partial charge in [-0.2, -0.15) is 0 Å². The fraction of sp³-hybridized carbons (Fsp3) is 0.400. The molecule has 2 heteroatoms. The van der Waals surface area contributed by atoms with E-state index in [4.69, 9.17) is 16.3 Å². The molecule has 0 spiro atoms. The van der Waals surface area contributed by atoms with Crippen LogP contribution < -0.4 is 4.74 Å². The fourth-order valence-corrected chi connectivity index (χ4v) is 3.00. The molecule has 2 aromatic rings. The Morgan fingerprint density at radius 1 is 0.864 bits per heavy atom. The van der Waals surface area contributed by atoms with Crippen LogP contribution in [0.15, 0.2) is 42.5 Å². The van der Waals surface area contributed by atoms with Gasteiger partial charge in [0.05, 0.1) is 6.61 Å². The van der Waals surface area contributed by atoms with E-state index in [2.05, 4.69) is 56.3 Å². The Hall–Kier alpha value is -1.47. The van der Waals surface area contributed by atoms with E-state index in [0.717, 1.165) is 31.1 Å². The lowest BCUT2D eigenvalue weighted by molar-refractivity contribution is 0.305. The average Bonchev–Trinajstić information content (AvgIpc) is 2.51. The van der Waals surface area contributed by atoms with Crippen LogP contribution in [-0.2, 0) is 0 Å². The minimum Gasteiger partial charge on any atom is -0.494 e. The molecular weight excluding hydrogens is 292 g/mol. The van der Waals surface area contributed by atoms with E-state index in [1.54, 1.807) is 0 Å². The molecule has 0 atom stereocenters. The Bertz CT molecular complexity index is 555. The first-order valence-corrected chi connectivity index (χ1v) is 8.61. The van der Waals surface area contributed by atoms with E-state index in [1.807, 2.05) is 0 Å². The Balaban J connectivity index is 1.98. The predicted octanol–water partition coefficient (Wildman–Crippen LogP) is 6.15. The van der Waals surface area contributed by atoms with Crippen LogP contribution in [0.25, 0.3) is 11.1 Å². The van der Waals surface area contributed by atoms with Gasteiger partial charge in [0.1, 0.15) is 5.75 Å². The molecule has 0 heterocycles. The zero-order chi connectivity index (χ0) is 15.8. The minimum absolute atomic E-state index is 0.764. The summed E-state index contributed by atoms with van der Waals surface area (Å²) in [4.78, 5) is 0. The summed E-state index contributed by atoms with van der Waals surface area (Å²) in [5.74, 6) is 1.74. The number of benzene rings is 2. The van der Waals surface area contributed by atoms with Gasteiger partial charge in [0.15, 0.2) is 0 Å². The lowest BCUT2D eigenvalue weighted by Gasteiger charge is -2.14. The first-order chi connectivity index (χ1) is 10.7. The van der Waals surface area contributed by atoms with Gasteiger partial charge < -0.3 is 4.74 Å². The van der Waals surface area contributed by atoms with Crippen LogP contribution in [0.3, 0.4) is 0 Å². The highest BCUT2D eigenvalue weighted by molar-refractivity contribution is 6.17. The summed E-state index contributed by atoms with van der Waals surface area (Å²) >= 11 is 5.68. The van der Waals surface area contributed by atoms with Crippen LogP contribution in [0.2, 0.25) is 0 Å². The van der Waals surface area contributed by atoms with E-state index >= 15 is 0 Å². The Kier molecular flexibility index (Phi) is 6.79. The SMILES string of the molecule is Cc1cc(OCCCCCCCl)cc(C)c1-c1ccccc1. The van der Waals surface area contributed by atoms with Gasteiger partial charge in [-0.15, -0.1) is 11.6 Å². The second-order valence-corrected chi connectivity index (χ2v) is 6.13. The summed E-state index contributed by atoms with van der Waals surface area (Å²) in [6, 6.07) is 14.8. The third kappa shape index (κ3) is 4.78. The van der Waals surface area contributed by atoms with Gasteiger partial charge in [0, 0.05) is 5.88 Å². The van der Waals surface area contributed by atoms with Crippen LogP contribution in [0.4, 0.5) is 0 Å². The first-order valence-electron chi connectivity index (χ1n) is 8.08. The number of rotatable bonds is 8. The van der Waals surface area contributed by atoms with Gasteiger partial charge in [-0.1, -0.05) is 43.2 Å². The highest BCUT2D eigenvalue weighted by Crippen LogP contribution is 2.30. The number of alkyl halides is 1. The number of hydrogen-bond donors (Lipinski definition) is 0. The molecule has 2 aromatic carbocycles. The van der Waals surface area contributed by atoms with Crippen molar-refractivity contribution in [3.63, 3.8) is 0 Å². The lowest BCUT2D eigenvalue weighted by Crippen LogP contribution is -1.99. The standard InChI is InChI=1S/C20H25ClO/c1-16-14-19(22-13-9-4-3-8-12-21)15-17(2)20(16)18-10-6-5-7-11-18/h5-7,10-11,14-15H,3-4,8-9,12-13H2,1-2H3. The molecule has 118 valence electrons. The lowest BCUT2D eigenvalue weighted by atomic mass is 9.95. The zero-order valence-electron chi connectivity index (χ0n) is 13.6. The van der Waals surface area contributed by atoms with Gasteiger partial charge in [-0.05, 0) is 61.1 Å². The van der Waals surface area contributed by atoms with Crippen LogP contribution >= 0.6 is 11.6 Å². The maximum absolute atomic E-state index is 5.91. The molecule has 0 fully saturated rings. The second kappa shape index (κ2) is 8.85. The first kappa shape index (κ1) is 16.9. The van der Waals surface area contributed by atoms with E-state index in [1.165, 1.54) is 35.1 Å². The van der Waals surface area contributed by atoms with Crippen LogP contribution in [-0.4, -0.2) is 12.5 Å². The largest absolute Gasteiger partial charge is 0.494 e. The molecule has 0 aliphatic carbocycles. The molecule has 0 radical (unpaired) electrons. The molecule has 0 saturated heterocycles. The number of ether oxygens (including phenoxy) is 1. The quantitative estimate of drug-likeness (QED) is 0.419. The van der Waals surface area contributed by atoms with Crippen LogP contribution in [0.1, 0.15) is 36.8 Å². The molecule has 0 unspecified atom stereocenters. The van der Waals surface area contributed by atoms with Gasteiger partial charge in [-0.3, -0.25) is 0 Å². The predicted molar refractivity (Wildman–Crippen MR) is 96.0 cm³/mol. The van der Waals surface area contributed by atoms with Gasteiger partial charge in [0.2, 0.25) is 0 Å². The summed E-state index contributed by atoms with van der Waals surface area (Å²) in [6.45, 7) is 5.09. The molecule has 0 aliphatic heterocycles. The average molecular weight is 317 g/mol. The van der Waals surface area contributed by atoms with Crippen molar-refractivity contribution >= 4 is 11.6 Å². The monoisotopic (exact) mass is 316 g/mol. The maximum atomic E-state index is 5.91. The smallest absolute Gasteiger partial charge is 0.119 e. The number of hydrogen-bond acceptors (Lipinski definition) is 1. The third-order valence-corrected chi connectivity index (χ3v) is 4.13. The van der Waals surface area contributed by atoms with Gasteiger partial charge in [0.25, 0.3) is 0 Å². The summed E-state index contributed by atoms with van der Waals surface area (Å²) < 4.78 is 5.91. The van der Waals surface area contributed by atoms with Crippen molar-refractivity contribution in [1.29, 1.82) is 0 Å². The van der Waals surface area contributed by atoms with Crippen LogP contribution in [0.5, 0.6) is 5.75 Å². The van der Waals surface area contributed by atoms with Crippen molar-refractivity contribution in [3.8, 4) is 16.9 Å². The Morgan fingerprint density at radius 3 is 2.14 bits per heavy atom. The normalized spacial score (nSPS) is 10.7. The van der Waals surface area contributed by atoms with E-state index < -0.39 is 0 Å². The summed E-state index contributed by atoms with van der Waals surface area (Å²) in [5.41, 5.74) is 5.12. The molecule has 0 bridgehead atoms. The molecule has 0 amide bonds. The Labute approximate surface area is 139 Å². The van der Waals surface area contributed by atoms with Crippen molar-refractivity contribution in [2.75, 3.05) is 12.5 Å². The zero-order valence-corrected chi connectivity index (χ0v) is 14.3. The van der Waals surface area contributed by atoms with E-state index in [-0.39, 0.29) is 0 Å². The molecule has 1 nitrogen and oxygen atoms in total. The van der Waals surface area contributed by atoms with Gasteiger partial charge >= 0.3 is 0 Å². The number of aryl methyl sites for hydroxylation is 2. The maximum Gasteiger partial charge on any atom is 0.119 e. The molecule has 0 saturated carbocycles. The van der Waals surface area contributed by atoms with Crippen molar-refractivity contribution < 1.29 is 4.74 Å². The molecule has 0 N–H and O–H groups in total. The third-order valence-electron chi connectivity index (χ3n) is 3.87. The number of unbranched alkanes of at least 4 members (excludes halogenated alkanes) is 3. The highest BCUT2D eigenvalue weighted by atomic mass is 35.5. The van der Waals surface area contributed by atoms with E-state index in [9.17, 15) is 0 Å². The van der Waals surface area contributed by atoms with Crippen molar-refractivity contribution in [2.24, 2.45) is 0 Å². The molecule has 2 rings (SSSR count). The second-order valence-electron chi connectivity index (χ2n) is 5.75. The topological polar surface area (TPSA) is 9.23 Å². The van der Waals surface area contributed by atoms with E-state index in [0.29, 0.717) is 0 Å². The van der Waals surface area contributed by atoms with Crippen LogP contribution in [0, 0.1) is 13.8 Å². The molecular formula is C20H25ClO. The van der Waals surface area contributed by atoms with Crippen molar-refractivity contribution in [2.45, 2.75) is 39.5 Å². The molecule has 0 aliphatic rings. The van der Waals surface area contributed by atoms with Gasteiger partial charge in [-0.25, -0.2) is 0 Å². The number of halogens is 1. The Morgan fingerprint density at radius 2 is 1.50 bits per heavy atom. The minimum atomic E-state index is 0.764. The summed E-state index contributed by atoms with van der Waals surface area (Å²) in [6.07, 6.45) is 4.58. The fourth-order valence-electron chi connectivity index (χ4n) is 2.81. The molecule has 22 heavy (non-hydrogen) atoms. The summed E-state index contributed by atoms with van der Waals surface area (Å²) in [5, 5.41) is 0. The highest BCUT2D eigenvalue weighted by Gasteiger charge is 2.08.